The molecule has 2 aromatic carbocycles. The SMILES string of the molecule is COc1ccccc1OCC(=O)NCc1cc2ccc(C)c(C)c2[nH]c1=O. The van der Waals surface area contributed by atoms with Crippen molar-refractivity contribution in [2.24, 2.45) is 0 Å². The summed E-state index contributed by atoms with van der Waals surface area (Å²) in [4.78, 5) is 27.3. The van der Waals surface area contributed by atoms with Crippen molar-refractivity contribution in [2.75, 3.05) is 13.7 Å². The number of aryl methyl sites for hydroxylation is 2. The Morgan fingerprint density at radius 1 is 1.11 bits per heavy atom. The second kappa shape index (κ2) is 7.95. The van der Waals surface area contributed by atoms with E-state index in [4.69, 9.17) is 9.47 Å². The Morgan fingerprint density at radius 3 is 2.59 bits per heavy atom. The summed E-state index contributed by atoms with van der Waals surface area (Å²) in [6.07, 6.45) is 0. The van der Waals surface area contributed by atoms with Crippen LogP contribution >= 0.6 is 0 Å². The maximum absolute atomic E-state index is 12.3. The molecule has 0 saturated heterocycles. The lowest BCUT2D eigenvalue weighted by molar-refractivity contribution is -0.123. The molecule has 0 aliphatic rings. The van der Waals surface area contributed by atoms with Crippen LogP contribution in [0.2, 0.25) is 0 Å². The van der Waals surface area contributed by atoms with Gasteiger partial charge in [-0.2, -0.15) is 0 Å². The molecule has 0 saturated carbocycles. The lowest BCUT2D eigenvalue weighted by Crippen LogP contribution is -2.30. The molecule has 0 atom stereocenters. The van der Waals surface area contributed by atoms with Crippen molar-refractivity contribution in [2.45, 2.75) is 20.4 Å². The second-order valence-corrected chi connectivity index (χ2v) is 6.31. The van der Waals surface area contributed by atoms with Crippen molar-refractivity contribution in [1.82, 2.24) is 10.3 Å². The second-order valence-electron chi connectivity index (χ2n) is 6.31. The van der Waals surface area contributed by atoms with Crippen LogP contribution in [0.25, 0.3) is 10.9 Å². The summed E-state index contributed by atoms with van der Waals surface area (Å²) >= 11 is 0. The van der Waals surface area contributed by atoms with E-state index in [2.05, 4.69) is 10.3 Å². The first-order valence-electron chi connectivity index (χ1n) is 8.64. The highest BCUT2D eigenvalue weighted by atomic mass is 16.5. The molecule has 6 nitrogen and oxygen atoms in total. The number of benzene rings is 2. The van der Waals surface area contributed by atoms with Gasteiger partial charge in [-0.15, -0.1) is 0 Å². The van der Waals surface area contributed by atoms with Crippen LogP contribution in [-0.4, -0.2) is 24.6 Å². The number of hydrogen-bond acceptors (Lipinski definition) is 4. The minimum absolute atomic E-state index is 0.131. The minimum atomic E-state index is -0.319. The van der Waals surface area contributed by atoms with Gasteiger partial charge < -0.3 is 19.8 Å². The zero-order chi connectivity index (χ0) is 19.4. The summed E-state index contributed by atoms with van der Waals surface area (Å²) in [6, 6.07) is 12.9. The molecule has 27 heavy (non-hydrogen) atoms. The molecule has 1 amide bonds. The Balaban J connectivity index is 1.66. The molecule has 0 fully saturated rings. The van der Waals surface area contributed by atoms with Crippen LogP contribution in [0.15, 0.2) is 47.3 Å². The van der Waals surface area contributed by atoms with E-state index >= 15 is 0 Å². The third-order valence-corrected chi connectivity index (χ3v) is 4.53. The first-order valence-corrected chi connectivity index (χ1v) is 8.64. The number of fused-ring (bicyclic) bond motifs is 1. The molecule has 0 bridgehead atoms. The Labute approximate surface area is 157 Å². The molecule has 3 aromatic rings. The fourth-order valence-corrected chi connectivity index (χ4v) is 2.83. The van der Waals surface area contributed by atoms with Gasteiger partial charge in [-0.3, -0.25) is 9.59 Å². The van der Waals surface area contributed by atoms with Crippen molar-refractivity contribution in [3.63, 3.8) is 0 Å². The van der Waals surface area contributed by atoms with E-state index in [1.807, 2.05) is 38.1 Å². The summed E-state index contributed by atoms with van der Waals surface area (Å²) in [7, 11) is 1.54. The standard InChI is InChI=1S/C21H22N2O4/c1-13-8-9-15-10-16(21(25)23-20(15)14(13)2)11-22-19(24)12-27-18-7-5-4-6-17(18)26-3/h4-10H,11-12H2,1-3H3,(H,22,24)(H,23,25). The van der Waals surface area contributed by atoms with Crippen LogP contribution in [-0.2, 0) is 11.3 Å². The molecule has 3 rings (SSSR count). The molecule has 0 aliphatic heterocycles. The van der Waals surface area contributed by atoms with Crippen LogP contribution in [0, 0.1) is 13.8 Å². The predicted octanol–water partition coefficient (Wildman–Crippen LogP) is 2.85. The van der Waals surface area contributed by atoms with Crippen molar-refractivity contribution in [3.05, 3.63) is 69.5 Å². The van der Waals surface area contributed by atoms with Crippen molar-refractivity contribution in [3.8, 4) is 11.5 Å². The van der Waals surface area contributed by atoms with Gasteiger partial charge in [0.2, 0.25) is 0 Å². The van der Waals surface area contributed by atoms with Gasteiger partial charge in [0.05, 0.1) is 12.6 Å². The molecule has 6 heteroatoms. The van der Waals surface area contributed by atoms with Crippen LogP contribution in [0.3, 0.4) is 0 Å². The maximum Gasteiger partial charge on any atom is 0.258 e. The number of pyridine rings is 1. The van der Waals surface area contributed by atoms with E-state index in [-0.39, 0.29) is 24.6 Å². The fraction of sp³-hybridized carbons (Fsp3) is 0.238. The summed E-state index contributed by atoms with van der Waals surface area (Å²) in [5.74, 6) is 0.729. The normalized spacial score (nSPS) is 10.6. The third kappa shape index (κ3) is 4.11. The Bertz CT molecular complexity index is 1040. The van der Waals surface area contributed by atoms with Crippen LogP contribution in [0.4, 0.5) is 0 Å². The van der Waals surface area contributed by atoms with Gasteiger partial charge in [0.1, 0.15) is 0 Å². The third-order valence-electron chi connectivity index (χ3n) is 4.53. The molecule has 1 aromatic heterocycles. The Hall–Kier alpha value is -3.28. The monoisotopic (exact) mass is 366 g/mol. The maximum atomic E-state index is 12.3. The lowest BCUT2D eigenvalue weighted by Gasteiger charge is -2.11. The van der Waals surface area contributed by atoms with Gasteiger partial charge in [-0.05, 0) is 48.6 Å². The number of hydrogen-bond donors (Lipinski definition) is 2. The molecule has 2 N–H and O–H groups in total. The van der Waals surface area contributed by atoms with Crippen LogP contribution in [0.1, 0.15) is 16.7 Å². The highest BCUT2D eigenvalue weighted by Crippen LogP contribution is 2.25. The van der Waals surface area contributed by atoms with E-state index in [9.17, 15) is 9.59 Å². The number of para-hydroxylation sites is 2. The number of rotatable bonds is 6. The largest absolute Gasteiger partial charge is 0.493 e. The van der Waals surface area contributed by atoms with E-state index < -0.39 is 0 Å². The summed E-state index contributed by atoms with van der Waals surface area (Å²) in [5.41, 5.74) is 3.28. The highest BCUT2D eigenvalue weighted by Gasteiger charge is 2.10. The smallest absolute Gasteiger partial charge is 0.258 e. The number of amides is 1. The molecule has 0 radical (unpaired) electrons. The molecule has 140 valence electrons. The quantitative estimate of drug-likeness (QED) is 0.703. The molecule has 0 unspecified atom stereocenters. The Kier molecular flexibility index (Phi) is 5.45. The van der Waals surface area contributed by atoms with Crippen LogP contribution in [0.5, 0.6) is 11.5 Å². The summed E-state index contributed by atoms with van der Waals surface area (Å²) < 4.78 is 10.7. The number of carbonyl (C=O) groups is 1. The average molecular weight is 366 g/mol. The van der Waals surface area contributed by atoms with Crippen LogP contribution < -0.4 is 20.3 Å². The summed E-state index contributed by atoms with van der Waals surface area (Å²) in [5, 5.41) is 3.65. The topological polar surface area (TPSA) is 80.4 Å². The number of aromatic nitrogens is 1. The predicted molar refractivity (Wildman–Crippen MR) is 104 cm³/mol. The first kappa shape index (κ1) is 18.5. The highest BCUT2D eigenvalue weighted by molar-refractivity contribution is 5.83. The molecule has 0 spiro atoms. The molecule has 0 aliphatic carbocycles. The van der Waals surface area contributed by atoms with E-state index in [0.717, 1.165) is 22.0 Å². The van der Waals surface area contributed by atoms with Crippen molar-refractivity contribution < 1.29 is 14.3 Å². The zero-order valence-corrected chi connectivity index (χ0v) is 15.6. The lowest BCUT2D eigenvalue weighted by atomic mass is 10.0. The van der Waals surface area contributed by atoms with Gasteiger partial charge >= 0.3 is 0 Å². The summed E-state index contributed by atoms with van der Waals surface area (Å²) in [6.45, 7) is 3.95. The number of ether oxygens (including phenoxy) is 2. The number of H-pyrrole nitrogens is 1. The van der Waals surface area contributed by atoms with Crippen molar-refractivity contribution in [1.29, 1.82) is 0 Å². The van der Waals surface area contributed by atoms with Crippen molar-refractivity contribution >= 4 is 16.8 Å². The molecule has 1 heterocycles. The molecular formula is C21H22N2O4. The van der Waals surface area contributed by atoms with Gasteiger partial charge in [-0.1, -0.05) is 24.3 Å². The van der Waals surface area contributed by atoms with E-state index in [0.29, 0.717) is 17.1 Å². The van der Waals surface area contributed by atoms with Gasteiger partial charge in [-0.25, -0.2) is 0 Å². The zero-order valence-electron chi connectivity index (χ0n) is 15.6. The minimum Gasteiger partial charge on any atom is -0.493 e. The van der Waals surface area contributed by atoms with E-state index in [1.165, 1.54) is 7.11 Å². The number of methoxy groups -OCH3 is 1. The number of nitrogens with one attached hydrogen (secondary N) is 2. The van der Waals surface area contributed by atoms with Gasteiger partial charge in [0.15, 0.2) is 18.1 Å². The van der Waals surface area contributed by atoms with Gasteiger partial charge in [0, 0.05) is 12.1 Å². The van der Waals surface area contributed by atoms with E-state index in [1.54, 1.807) is 18.2 Å². The number of carbonyl (C=O) groups excluding carboxylic acids is 1. The average Bonchev–Trinajstić information content (AvgIpc) is 2.68. The Morgan fingerprint density at radius 2 is 1.85 bits per heavy atom. The molecular weight excluding hydrogens is 344 g/mol. The first-order chi connectivity index (χ1) is 13.0. The fourth-order valence-electron chi connectivity index (χ4n) is 2.83. The number of aromatic amines is 1. The van der Waals surface area contributed by atoms with Gasteiger partial charge in [0.25, 0.3) is 11.5 Å².